The van der Waals surface area contributed by atoms with Gasteiger partial charge in [0.05, 0.1) is 16.7 Å². The molecule has 0 saturated carbocycles. The quantitative estimate of drug-likeness (QED) is 0.645. The number of rotatable bonds is 2. The molecule has 0 bridgehead atoms. The second-order valence-corrected chi connectivity index (χ2v) is 7.70. The fraction of sp³-hybridized carbons (Fsp3) is 0.286. The van der Waals surface area contributed by atoms with Gasteiger partial charge >= 0.3 is 7.12 Å². The highest BCUT2D eigenvalue weighted by atomic mass is 19.1. The molecule has 0 radical (unpaired) electrons. The highest BCUT2D eigenvalue weighted by Gasteiger charge is 2.52. The third-order valence-corrected chi connectivity index (χ3v) is 5.44. The van der Waals surface area contributed by atoms with Gasteiger partial charge in [0.2, 0.25) is 0 Å². The second-order valence-electron chi connectivity index (χ2n) is 7.70. The lowest BCUT2D eigenvalue weighted by molar-refractivity contribution is 0.00578. The minimum absolute atomic E-state index is 0.313. The predicted octanol–water partition coefficient (Wildman–Crippen LogP) is 4.34. The van der Waals surface area contributed by atoms with Crippen LogP contribution in [-0.4, -0.2) is 23.3 Å². The van der Waals surface area contributed by atoms with Gasteiger partial charge in [-0.15, -0.1) is 0 Å². The van der Waals surface area contributed by atoms with Crippen molar-refractivity contribution >= 4 is 23.5 Å². The average molecular weight is 349 g/mol. The van der Waals surface area contributed by atoms with Gasteiger partial charge in [0.1, 0.15) is 5.82 Å². The summed E-state index contributed by atoms with van der Waals surface area (Å²) >= 11 is 0. The molecule has 1 aromatic heterocycles. The largest absolute Gasteiger partial charge is 0.495 e. The van der Waals surface area contributed by atoms with Gasteiger partial charge in [-0.1, -0.05) is 30.3 Å². The maximum absolute atomic E-state index is 14.1. The van der Waals surface area contributed by atoms with Crippen molar-refractivity contribution in [3.8, 4) is 11.1 Å². The molecule has 1 aliphatic rings. The Kier molecular flexibility index (Phi) is 3.90. The first kappa shape index (κ1) is 17.2. The van der Waals surface area contributed by atoms with Gasteiger partial charge in [0.25, 0.3) is 0 Å². The zero-order valence-corrected chi connectivity index (χ0v) is 15.4. The molecule has 5 heteroatoms. The van der Waals surface area contributed by atoms with Crippen molar-refractivity contribution in [2.45, 2.75) is 38.9 Å². The number of hydrogen-bond acceptors (Lipinski definition) is 3. The van der Waals surface area contributed by atoms with Crippen LogP contribution < -0.4 is 5.46 Å². The Morgan fingerprint density at radius 3 is 2.31 bits per heavy atom. The lowest BCUT2D eigenvalue weighted by Crippen LogP contribution is -2.41. The minimum Gasteiger partial charge on any atom is -0.399 e. The summed E-state index contributed by atoms with van der Waals surface area (Å²) in [4.78, 5) is 4.53. The number of hydrogen-bond donors (Lipinski definition) is 0. The van der Waals surface area contributed by atoms with Crippen LogP contribution in [0.1, 0.15) is 27.7 Å². The number of aromatic nitrogens is 1. The van der Waals surface area contributed by atoms with Crippen molar-refractivity contribution in [2.24, 2.45) is 0 Å². The Hall–Kier alpha value is -2.24. The van der Waals surface area contributed by atoms with Crippen LogP contribution in [0.5, 0.6) is 0 Å². The van der Waals surface area contributed by atoms with Gasteiger partial charge in [0.15, 0.2) is 0 Å². The van der Waals surface area contributed by atoms with E-state index in [9.17, 15) is 4.39 Å². The van der Waals surface area contributed by atoms with Crippen molar-refractivity contribution in [3.05, 3.63) is 60.5 Å². The molecule has 26 heavy (non-hydrogen) atoms. The molecule has 0 spiro atoms. The molecular weight excluding hydrogens is 328 g/mol. The molecule has 0 N–H and O–H groups in total. The molecular formula is C21H21BFNO2. The molecule has 1 fully saturated rings. The third kappa shape index (κ3) is 2.72. The van der Waals surface area contributed by atoms with Gasteiger partial charge < -0.3 is 9.31 Å². The van der Waals surface area contributed by atoms with E-state index in [1.807, 2.05) is 58.0 Å². The smallest absolute Gasteiger partial charge is 0.399 e. The third-order valence-electron chi connectivity index (χ3n) is 5.44. The van der Waals surface area contributed by atoms with Crippen molar-refractivity contribution < 1.29 is 13.7 Å². The molecule has 4 rings (SSSR count). The van der Waals surface area contributed by atoms with Crippen LogP contribution in [0.4, 0.5) is 4.39 Å². The molecule has 0 aliphatic carbocycles. The summed E-state index contributed by atoms with van der Waals surface area (Å²) in [7, 11) is -0.635. The number of benzene rings is 2. The van der Waals surface area contributed by atoms with E-state index in [1.165, 1.54) is 12.1 Å². The zero-order valence-electron chi connectivity index (χ0n) is 15.4. The average Bonchev–Trinajstić information content (AvgIpc) is 2.82. The standard InChI is InChI=1S/C21H21BFNO2/c1-20(2)21(3,4)26-22(25-20)18-13-15(23)10-11-16(18)17-9-5-7-14-8-6-12-24-19(14)17/h5-13H,1-4H3. The van der Waals surface area contributed by atoms with Gasteiger partial charge in [0, 0.05) is 17.1 Å². The number of nitrogens with zero attached hydrogens (tertiary/aromatic N) is 1. The summed E-state index contributed by atoms with van der Waals surface area (Å²) in [5, 5.41) is 1.04. The van der Waals surface area contributed by atoms with Crippen molar-refractivity contribution in [1.82, 2.24) is 4.98 Å². The highest BCUT2D eigenvalue weighted by molar-refractivity contribution is 6.64. The zero-order chi connectivity index (χ0) is 18.5. The fourth-order valence-electron chi connectivity index (χ4n) is 3.27. The van der Waals surface area contributed by atoms with Gasteiger partial charge in [-0.05, 0) is 56.9 Å². The molecule has 3 nitrogen and oxygen atoms in total. The molecule has 0 unspecified atom stereocenters. The first-order valence-corrected chi connectivity index (χ1v) is 8.78. The van der Waals surface area contributed by atoms with E-state index < -0.39 is 18.3 Å². The van der Waals surface area contributed by atoms with E-state index in [0.29, 0.717) is 5.46 Å². The molecule has 1 saturated heterocycles. The molecule has 1 aliphatic heterocycles. The second kappa shape index (κ2) is 5.90. The van der Waals surface area contributed by atoms with Crippen molar-refractivity contribution in [2.75, 3.05) is 0 Å². The van der Waals surface area contributed by atoms with Gasteiger partial charge in [-0.2, -0.15) is 0 Å². The molecule has 132 valence electrons. The van der Waals surface area contributed by atoms with E-state index >= 15 is 0 Å². The topological polar surface area (TPSA) is 31.4 Å². The monoisotopic (exact) mass is 349 g/mol. The molecule has 2 heterocycles. The van der Waals surface area contributed by atoms with Crippen molar-refractivity contribution in [3.63, 3.8) is 0 Å². The summed E-state index contributed by atoms with van der Waals surface area (Å²) in [6, 6.07) is 14.7. The van der Waals surface area contributed by atoms with E-state index in [4.69, 9.17) is 9.31 Å². The summed E-state index contributed by atoms with van der Waals surface area (Å²) in [5.41, 5.74) is 2.39. The van der Waals surface area contributed by atoms with Crippen LogP contribution in [0.2, 0.25) is 0 Å². The summed E-state index contributed by atoms with van der Waals surface area (Å²) in [6.45, 7) is 7.97. The SMILES string of the molecule is CC1(C)OB(c2cc(F)ccc2-c2cccc3cccnc23)OC1(C)C. The first-order valence-electron chi connectivity index (χ1n) is 8.78. The van der Waals surface area contributed by atoms with Gasteiger partial charge in [-0.3, -0.25) is 4.98 Å². The molecule has 0 amide bonds. The van der Waals surface area contributed by atoms with Crippen LogP contribution in [0.3, 0.4) is 0 Å². The van der Waals surface area contributed by atoms with E-state index in [1.54, 1.807) is 12.3 Å². The van der Waals surface area contributed by atoms with Crippen molar-refractivity contribution in [1.29, 1.82) is 0 Å². The highest BCUT2D eigenvalue weighted by Crippen LogP contribution is 2.37. The molecule has 3 aromatic rings. The van der Waals surface area contributed by atoms with Crippen LogP contribution in [0.15, 0.2) is 54.7 Å². The molecule has 2 aromatic carbocycles. The lowest BCUT2D eigenvalue weighted by Gasteiger charge is -2.32. The number of para-hydroxylation sites is 1. The Morgan fingerprint density at radius 2 is 1.58 bits per heavy atom. The Morgan fingerprint density at radius 1 is 0.885 bits per heavy atom. The van der Waals surface area contributed by atoms with Crippen LogP contribution >= 0.6 is 0 Å². The van der Waals surface area contributed by atoms with Crippen LogP contribution in [0.25, 0.3) is 22.0 Å². The number of fused-ring (bicyclic) bond motifs is 1. The fourth-order valence-corrected chi connectivity index (χ4v) is 3.27. The molecule has 0 atom stereocenters. The number of halogens is 1. The Bertz CT molecular complexity index is 965. The van der Waals surface area contributed by atoms with E-state index in [-0.39, 0.29) is 5.82 Å². The van der Waals surface area contributed by atoms with E-state index in [0.717, 1.165) is 22.0 Å². The summed E-state index contributed by atoms with van der Waals surface area (Å²) < 4.78 is 26.4. The Labute approximate surface area is 153 Å². The van der Waals surface area contributed by atoms with E-state index in [2.05, 4.69) is 4.98 Å². The summed E-state index contributed by atoms with van der Waals surface area (Å²) in [6.07, 6.45) is 1.77. The first-order chi connectivity index (χ1) is 12.3. The lowest BCUT2D eigenvalue weighted by atomic mass is 9.74. The summed E-state index contributed by atoms with van der Waals surface area (Å²) in [5.74, 6) is -0.313. The maximum Gasteiger partial charge on any atom is 0.495 e. The Balaban J connectivity index is 1.89. The normalized spacial score (nSPS) is 18.4. The van der Waals surface area contributed by atoms with Crippen LogP contribution in [0, 0.1) is 5.82 Å². The minimum atomic E-state index is -0.635. The van der Waals surface area contributed by atoms with Crippen LogP contribution in [-0.2, 0) is 9.31 Å². The maximum atomic E-state index is 14.1. The number of pyridine rings is 1. The van der Waals surface area contributed by atoms with Gasteiger partial charge in [-0.25, -0.2) is 4.39 Å². The predicted molar refractivity (Wildman–Crippen MR) is 103 cm³/mol.